The van der Waals surface area contributed by atoms with Crippen LogP contribution < -0.4 is 10.1 Å². The lowest BCUT2D eigenvalue weighted by molar-refractivity contribution is 0.0694. The number of rotatable bonds is 8. The minimum atomic E-state index is -0.886. The van der Waals surface area contributed by atoms with Crippen molar-refractivity contribution in [1.82, 2.24) is 9.88 Å². The topological polar surface area (TPSA) is 63.5 Å². The summed E-state index contributed by atoms with van der Waals surface area (Å²) in [7, 11) is 1.64. The Hall–Kier alpha value is -3.05. The average molecular weight is 392 g/mol. The van der Waals surface area contributed by atoms with Gasteiger partial charge in [-0.15, -0.1) is 0 Å². The first-order valence-corrected chi connectivity index (χ1v) is 9.72. The summed E-state index contributed by atoms with van der Waals surface area (Å²) >= 11 is 0. The predicted molar refractivity (Wildman–Crippen MR) is 115 cm³/mol. The van der Waals surface area contributed by atoms with Crippen molar-refractivity contribution in [3.05, 3.63) is 87.7 Å². The Morgan fingerprint density at radius 1 is 1.03 bits per heavy atom. The number of aromatic carboxylic acids is 1. The maximum Gasteiger partial charge on any atom is 0.337 e. The second-order valence-corrected chi connectivity index (χ2v) is 7.30. The second-order valence-electron chi connectivity index (χ2n) is 7.30. The van der Waals surface area contributed by atoms with E-state index in [2.05, 4.69) is 28.9 Å². The monoisotopic (exact) mass is 392 g/mol. The third-order valence-corrected chi connectivity index (χ3v) is 5.48. The number of hydrogen-bond acceptors (Lipinski definition) is 3. The Morgan fingerprint density at radius 3 is 2.48 bits per heavy atom. The summed E-state index contributed by atoms with van der Waals surface area (Å²) in [5, 5.41) is 13.3. The number of nitrogens with one attached hydrogen (secondary N) is 1. The summed E-state index contributed by atoms with van der Waals surface area (Å²) in [4.78, 5) is 12.0. The molecular weight excluding hydrogens is 364 g/mol. The minimum absolute atomic E-state index is 0.391. The fraction of sp³-hybridized carbons (Fsp3) is 0.292. The van der Waals surface area contributed by atoms with Crippen LogP contribution in [-0.4, -0.2) is 22.8 Å². The number of methoxy groups -OCH3 is 1. The van der Waals surface area contributed by atoms with Crippen LogP contribution >= 0.6 is 0 Å². The van der Waals surface area contributed by atoms with Gasteiger partial charge in [0, 0.05) is 36.6 Å². The molecule has 1 aromatic heterocycles. The highest BCUT2D eigenvalue weighted by molar-refractivity contribution is 5.91. The molecule has 0 radical (unpaired) electrons. The van der Waals surface area contributed by atoms with E-state index in [0.29, 0.717) is 25.2 Å². The smallest absolute Gasteiger partial charge is 0.337 e. The number of benzene rings is 2. The molecule has 2 N–H and O–H groups in total. The van der Waals surface area contributed by atoms with E-state index in [1.54, 1.807) is 7.11 Å². The van der Waals surface area contributed by atoms with Gasteiger partial charge in [-0.3, -0.25) is 0 Å². The Morgan fingerprint density at radius 2 is 1.79 bits per heavy atom. The van der Waals surface area contributed by atoms with E-state index in [1.807, 2.05) is 50.2 Å². The molecule has 0 amide bonds. The van der Waals surface area contributed by atoms with Gasteiger partial charge in [-0.05, 0) is 49.6 Å². The van der Waals surface area contributed by atoms with Crippen LogP contribution in [0.2, 0.25) is 0 Å². The molecule has 0 saturated heterocycles. The summed E-state index contributed by atoms with van der Waals surface area (Å²) in [6.07, 6.45) is 0. The van der Waals surface area contributed by atoms with Crippen molar-refractivity contribution in [1.29, 1.82) is 0 Å². The lowest BCUT2D eigenvalue weighted by Crippen LogP contribution is -2.16. The van der Waals surface area contributed by atoms with Crippen molar-refractivity contribution in [3.8, 4) is 5.75 Å². The summed E-state index contributed by atoms with van der Waals surface area (Å²) in [6.45, 7) is 7.76. The van der Waals surface area contributed by atoms with E-state index < -0.39 is 5.97 Å². The zero-order chi connectivity index (χ0) is 21.0. The zero-order valence-electron chi connectivity index (χ0n) is 17.5. The van der Waals surface area contributed by atoms with Crippen LogP contribution in [-0.2, 0) is 19.6 Å². The molecule has 0 aliphatic heterocycles. The number of carboxylic acids is 1. The molecule has 3 aromatic rings. The standard InChI is InChI=1S/C24H28N2O3/c1-16-8-5-6-10-20(16)13-25-14-22-17(2)26(18(3)23(22)24(27)28)15-19-9-7-11-21(12-19)29-4/h5-12,25H,13-15H2,1-4H3,(H,27,28). The van der Waals surface area contributed by atoms with Gasteiger partial charge in [-0.2, -0.15) is 0 Å². The lowest BCUT2D eigenvalue weighted by atomic mass is 10.1. The first-order valence-electron chi connectivity index (χ1n) is 9.72. The van der Waals surface area contributed by atoms with Gasteiger partial charge in [0.1, 0.15) is 5.75 Å². The molecule has 0 unspecified atom stereocenters. The Kier molecular flexibility index (Phi) is 6.39. The molecule has 0 fully saturated rings. The maximum atomic E-state index is 12.0. The molecule has 29 heavy (non-hydrogen) atoms. The number of ether oxygens (including phenoxy) is 1. The largest absolute Gasteiger partial charge is 0.497 e. The Labute approximate surface area is 172 Å². The summed E-state index contributed by atoms with van der Waals surface area (Å²) in [5.74, 6) is -0.0915. The zero-order valence-corrected chi connectivity index (χ0v) is 17.5. The van der Waals surface area contributed by atoms with Gasteiger partial charge in [0.05, 0.1) is 12.7 Å². The number of aromatic nitrogens is 1. The first kappa shape index (κ1) is 20.7. The molecule has 0 saturated carbocycles. The Bertz CT molecular complexity index is 1020. The van der Waals surface area contributed by atoms with Crippen LogP contribution in [0.25, 0.3) is 0 Å². The van der Waals surface area contributed by atoms with Crippen molar-refractivity contribution in [2.45, 2.75) is 40.4 Å². The molecule has 0 atom stereocenters. The van der Waals surface area contributed by atoms with Gasteiger partial charge in [-0.25, -0.2) is 4.79 Å². The van der Waals surface area contributed by atoms with Crippen molar-refractivity contribution >= 4 is 5.97 Å². The molecule has 0 aliphatic rings. The number of nitrogens with zero attached hydrogens (tertiary/aromatic N) is 1. The van der Waals surface area contributed by atoms with Gasteiger partial charge in [0.25, 0.3) is 0 Å². The van der Waals surface area contributed by atoms with Crippen LogP contribution in [0.15, 0.2) is 48.5 Å². The van der Waals surface area contributed by atoms with E-state index in [1.165, 1.54) is 11.1 Å². The number of aryl methyl sites for hydroxylation is 1. The number of carbonyl (C=O) groups is 1. The van der Waals surface area contributed by atoms with Crippen LogP contribution in [0.3, 0.4) is 0 Å². The minimum Gasteiger partial charge on any atom is -0.497 e. The lowest BCUT2D eigenvalue weighted by Gasteiger charge is -2.11. The van der Waals surface area contributed by atoms with Crippen molar-refractivity contribution < 1.29 is 14.6 Å². The van der Waals surface area contributed by atoms with E-state index in [9.17, 15) is 9.90 Å². The molecule has 2 aromatic carbocycles. The van der Waals surface area contributed by atoms with Crippen LogP contribution in [0.4, 0.5) is 0 Å². The second kappa shape index (κ2) is 8.97. The maximum absolute atomic E-state index is 12.0. The number of hydrogen-bond donors (Lipinski definition) is 2. The molecular formula is C24H28N2O3. The summed E-state index contributed by atoms with van der Waals surface area (Å²) in [6, 6.07) is 16.1. The quantitative estimate of drug-likeness (QED) is 0.594. The van der Waals surface area contributed by atoms with Crippen LogP contribution in [0.1, 0.15) is 44.0 Å². The summed E-state index contributed by atoms with van der Waals surface area (Å²) < 4.78 is 7.38. The summed E-state index contributed by atoms with van der Waals surface area (Å²) in [5.41, 5.74) is 6.48. The van der Waals surface area contributed by atoms with Gasteiger partial charge < -0.3 is 19.7 Å². The highest BCUT2D eigenvalue weighted by Crippen LogP contribution is 2.25. The highest BCUT2D eigenvalue weighted by Gasteiger charge is 2.22. The van der Waals surface area contributed by atoms with Crippen LogP contribution in [0.5, 0.6) is 5.75 Å². The van der Waals surface area contributed by atoms with Gasteiger partial charge >= 0.3 is 5.97 Å². The van der Waals surface area contributed by atoms with Crippen molar-refractivity contribution in [2.24, 2.45) is 0 Å². The van der Waals surface area contributed by atoms with Crippen molar-refractivity contribution in [2.75, 3.05) is 7.11 Å². The predicted octanol–water partition coefficient (Wildman–Crippen LogP) is 4.46. The van der Waals surface area contributed by atoms with E-state index in [-0.39, 0.29) is 0 Å². The van der Waals surface area contributed by atoms with Crippen LogP contribution in [0, 0.1) is 20.8 Å². The van der Waals surface area contributed by atoms with Crippen molar-refractivity contribution in [3.63, 3.8) is 0 Å². The SMILES string of the molecule is COc1cccc(Cn2c(C)c(CNCc3ccccc3C)c(C(=O)O)c2C)c1. The van der Waals surface area contributed by atoms with Gasteiger partial charge in [0.2, 0.25) is 0 Å². The normalized spacial score (nSPS) is 10.9. The fourth-order valence-corrected chi connectivity index (χ4v) is 3.77. The molecule has 5 nitrogen and oxygen atoms in total. The third-order valence-electron chi connectivity index (χ3n) is 5.48. The molecule has 1 heterocycles. The number of carboxylic acid groups (broad SMARTS) is 1. The van der Waals surface area contributed by atoms with Gasteiger partial charge in [-0.1, -0.05) is 36.4 Å². The van der Waals surface area contributed by atoms with E-state index in [4.69, 9.17) is 4.74 Å². The average Bonchev–Trinajstić information content (AvgIpc) is 2.94. The molecule has 0 spiro atoms. The fourth-order valence-electron chi connectivity index (χ4n) is 3.77. The van der Waals surface area contributed by atoms with Gasteiger partial charge in [0.15, 0.2) is 0 Å². The molecule has 0 aliphatic carbocycles. The first-order chi connectivity index (χ1) is 13.9. The molecule has 3 rings (SSSR count). The third kappa shape index (κ3) is 4.51. The Balaban J connectivity index is 1.85. The van der Waals surface area contributed by atoms with E-state index in [0.717, 1.165) is 28.3 Å². The van der Waals surface area contributed by atoms with E-state index >= 15 is 0 Å². The molecule has 0 bridgehead atoms. The molecule has 5 heteroatoms. The molecule has 152 valence electrons. The highest BCUT2D eigenvalue weighted by atomic mass is 16.5.